The summed E-state index contributed by atoms with van der Waals surface area (Å²) in [6, 6.07) is 9.33. The molecule has 1 aliphatic rings. The SMILES string of the molecule is CC(NCc1ccc(-c2ccc(C(F)(F)F)cc2)s1)c1nnc2n1CCC2. The van der Waals surface area contributed by atoms with Crippen LogP contribution in [0.5, 0.6) is 0 Å². The molecule has 0 spiro atoms. The maximum Gasteiger partial charge on any atom is 0.416 e. The molecule has 0 saturated carbocycles. The highest BCUT2D eigenvalue weighted by Crippen LogP contribution is 2.33. The Morgan fingerprint density at radius 2 is 1.93 bits per heavy atom. The Morgan fingerprint density at radius 3 is 2.67 bits per heavy atom. The first-order chi connectivity index (χ1) is 12.9. The molecule has 3 aromatic rings. The molecule has 1 N–H and O–H groups in total. The van der Waals surface area contributed by atoms with E-state index in [-0.39, 0.29) is 6.04 Å². The molecule has 1 aliphatic heterocycles. The molecule has 0 amide bonds. The molecule has 1 unspecified atom stereocenters. The molecule has 3 heterocycles. The molecule has 0 saturated heterocycles. The highest BCUT2D eigenvalue weighted by molar-refractivity contribution is 7.15. The van der Waals surface area contributed by atoms with Gasteiger partial charge in [-0.2, -0.15) is 13.2 Å². The predicted octanol–water partition coefficient (Wildman–Crippen LogP) is 4.82. The summed E-state index contributed by atoms with van der Waals surface area (Å²) < 4.78 is 40.2. The molecule has 1 aromatic carbocycles. The number of aryl methyl sites for hydroxylation is 1. The van der Waals surface area contributed by atoms with Gasteiger partial charge < -0.3 is 9.88 Å². The van der Waals surface area contributed by atoms with E-state index in [0.29, 0.717) is 6.54 Å². The zero-order chi connectivity index (χ0) is 19.0. The number of nitrogens with one attached hydrogen (secondary N) is 1. The Bertz CT molecular complexity index is 927. The smallest absolute Gasteiger partial charge is 0.314 e. The van der Waals surface area contributed by atoms with Gasteiger partial charge in [-0.3, -0.25) is 0 Å². The predicted molar refractivity (Wildman–Crippen MR) is 98.4 cm³/mol. The molecule has 0 aliphatic carbocycles. The van der Waals surface area contributed by atoms with E-state index in [1.165, 1.54) is 12.1 Å². The lowest BCUT2D eigenvalue weighted by atomic mass is 10.1. The van der Waals surface area contributed by atoms with Crippen molar-refractivity contribution in [3.05, 3.63) is 58.5 Å². The number of rotatable bonds is 5. The van der Waals surface area contributed by atoms with Crippen LogP contribution in [0, 0.1) is 0 Å². The van der Waals surface area contributed by atoms with E-state index in [1.807, 2.05) is 12.1 Å². The number of aromatic nitrogens is 3. The Morgan fingerprint density at radius 1 is 1.15 bits per heavy atom. The number of alkyl halides is 3. The first kappa shape index (κ1) is 18.2. The molecule has 2 aromatic heterocycles. The molecule has 0 bridgehead atoms. The highest BCUT2D eigenvalue weighted by atomic mass is 32.1. The summed E-state index contributed by atoms with van der Waals surface area (Å²) in [5.74, 6) is 2.02. The van der Waals surface area contributed by atoms with Crippen molar-refractivity contribution in [3.8, 4) is 10.4 Å². The van der Waals surface area contributed by atoms with E-state index in [0.717, 1.165) is 58.5 Å². The maximum atomic E-state index is 12.7. The number of hydrogen-bond acceptors (Lipinski definition) is 4. The molecule has 27 heavy (non-hydrogen) atoms. The van der Waals surface area contributed by atoms with Crippen molar-refractivity contribution in [2.24, 2.45) is 0 Å². The number of halogens is 3. The van der Waals surface area contributed by atoms with Crippen molar-refractivity contribution < 1.29 is 13.2 Å². The van der Waals surface area contributed by atoms with Gasteiger partial charge in [0, 0.05) is 29.3 Å². The van der Waals surface area contributed by atoms with E-state index in [1.54, 1.807) is 11.3 Å². The number of hydrogen-bond donors (Lipinski definition) is 1. The number of benzene rings is 1. The number of thiophene rings is 1. The largest absolute Gasteiger partial charge is 0.416 e. The van der Waals surface area contributed by atoms with Crippen LogP contribution in [0.4, 0.5) is 13.2 Å². The van der Waals surface area contributed by atoms with Gasteiger partial charge in [0.2, 0.25) is 0 Å². The fourth-order valence-electron chi connectivity index (χ4n) is 3.29. The van der Waals surface area contributed by atoms with Crippen molar-refractivity contribution in [1.29, 1.82) is 0 Å². The maximum absolute atomic E-state index is 12.7. The first-order valence-corrected chi connectivity index (χ1v) is 9.65. The van der Waals surface area contributed by atoms with Crippen LogP contribution in [0.2, 0.25) is 0 Å². The summed E-state index contributed by atoms with van der Waals surface area (Å²) in [6.45, 7) is 3.72. The second kappa shape index (κ2) is 7.09. The fraction of sp³-hybridized carbons (Fsp3) is 0.368. The Hall–Kier alpha value is -2.19. The third kappa shape index (κ3) is 3.77. The summed E-state index contributed by atoms with van der Waals surface area (Å²) >= 11 is 1.58. The van der Waals surface area contributed by atoms with Crippen molar-refractivity contribution in [1.82, 2.24) is 20.1 Å². The minimum Gasteiger partial charge on any atom is -0.314 e. The van der Waals surface area contributed by atoms with Crippen molar-refractivity contribution in [2.45, 2.75) is 45.1 Å². The van der Waals surface area contributed by atoms with Crippen LogP contribution < -0.4 is 5.32 Å². The summed E-state index contributed by atoms with van der Waals surface area (Å²) in [6.07, 6.45) is -2.20. The van der Waals surface area contributed by atoms with Gasteiger partial charge in [-0.25, -0.2) is 0 Å². The molecule has 0 fully saturated rings. The van der Waals surface area contributed by atoms with E-state index >= 15 is 0 Å². The summed E-state index contributed by atoms with van der Waals surface area (Å²) in [5, 5.41) is 12.0. The quantitative estimate of drug-likeness (QED) is 0.677. The standard InChI is InChI=1S/C19H19F3N4S/c1-12(18-25-24-17-3-2-10-26(17)18)23-11-15-8-9-16(27-15)13-4-6-14(7-5-13)19(20,21)22/h4-9,12,23H,2-3,10-11H2,1H3. The second-order valence-corrected chi connectivity index (χ2v) is 7.84. The molecule has 0 radical (unpaired) electrons. The lowest BCUT2D eigenvalue weighted by molar-refractivity contribution is -0.137. The minimum absolute atomic E-state index is 0.0842. The van der Waals surface area contributed by atoms with Gasteiger partial charge in [-0.15, -0.1) is 21.5 Å². The fourth-order valence-corrected chi connectivity index (χ4v) is 4.25. The first-order valence-electron chi connectivity index (χ1n) is 8.83. The van der Waals surface area contributed by atoms with Crippen molar-refractivity contribution in [3.63, 3.8) is 0 Å². The van der Waals surface area contributed by atoms with Crippen LogP contribution in [-0.2, 0) is 25.7 Å². The summed E-state index contributed by atoms with van der Waals surface area (Å²) in [5.41, 5.74) is 0.168. The lowest BCUT2D eigenvalue weighted by Crippen LogP contribution is -2.21. The van der Waals surface area contributed by atoms with E-state index in [4.69, 9.17) is 0 Å². The van der Waals surface area contributed by atoms with Gasteiger partial charge in [0.25, 0.3) is 0 Å². The zero-order valence-electron chi connectivity index (χ0n) is 14.8. The van der Waals surface area contributed by atoms with E-state index < -0.39 is 11.7 Å². The van der Waals surface area contributed by atoms with Gasteiger partial charge in [0.1, 0.15) is 11.6 Å². The van der Waals surface area contributed by atoms with E-state index in [2.05, 4.69) is 27.0 Å². The average molecular weight is 392 g/mol. The Labute approximate surface area is 159 Å². The van der Waals surface area contributed by atoms with Gasteiger partial charge >= 0.3 is 6.18 Å². The van der Waals surface area contributed by atoms with Gasteiger partial charge in [-0.1, -0.05) is 12.1 Å². The van der Waals surface area contributed by atoms with Gasteiger partial charge in [-0.05, 0) is 43.2 Å². The van der Waals surface area contributed by atoms with Gasteiger partial charge in [0.05, 0.1) is 11.6 Å². The Balaban J connectivity index is 1.41. The van der Waals surface area contributed by atoms with Crippen molar-refractivity contribution >= 4 is 11.3 Å². The number of nitrogens with zero attached hydrogens (tertiary/aromatic N) is 3. The van der Waals surface area contributed by atoms with Gasteiger partial charge in [0.15, 0.2) is 0 Å². The molecule has 4 rings (SSSR count). The third-order valence-electron chi connectivity index (χ3n) is 4.77. The van der Waals surface area contributed by atoms with Crippen LogP contribution in [0.1, 0.15) is 41.5 Å². The molecule has 4 nitrogen and oxygen atoms in total. The molecular weight excluding hydrogens is 373 g/mol. The molecular formula is C19H19F3N4S. The lowest BCUT2D eigenvalue weighted by Gasteiger charge is -2.13. The average Bonchev–Trinajstić information content (AvgIpc) is 3.35. The molecule has 8 heteroatoms. The van der Waals surface area contributed by atoms with E-state index in [9.17, 15) is 13.2 Å². The monoisotopic (exact) mass is 392 g/mol. The Kier molecular flexibility index (Phi) is 4.77. The minimum atomic E-state index is -4.30. The van der Waals surface area contributed by atoms with Crippen molar-refractivity contribution in [2.75, 3.05) is 0 Å². The third-order valence-corrected chi connectivity index (χ3v) is 5.90. The van der Waals surface area contributed by atoms with Crippen LogP contribution in [0.25, 0.3) is 10.4 Å². The second-order valence-electron chi connectivity index (χ2n) is 6.67. The molecule has 1 atom stereocenters. The molecule has 142 valence electrons. The normalized spacial score (nSPS) is 15.1. The summed E-state index contributed by atoms with van der Waals surface area (Å²) in [7, 11) is 0. The highest BCUT2D eigenvalue weighted by Gasteiger charge is 2.30. The van der Waals surface area contributed by atoms with Crippen LogP contribution in [0.3, 0.4) is 0 Å². The van der Waals surface area contributed by atoms with Crippen LogP contribution >= 0.6 is 11.3 Å². The summed E-state index contributed by atoms with van der Waals surface area (Å²) in [4.78, 5) is 2.08. The number of fused-ring (bicyclic) bond motifs is 1. The topological polar surface area (TPSA) is 42.7 Å². The van der Waals surface area contributed by atoms with Crippen LogP contribution in [-0.4, -0.2) is 14.8 Å². The van der Waals surface area contributed by atoms with Crippen LogP contribution in [0.15, 0.2) is 36.4 Å². The zero-order valence-corrected chi connectivity index (χ0v) is 15.6.